The van der Waals surface area contributed by atoms with E-state index in [1.165, 1.54) is 51.5 Å². The summed E-state index contributed by atoms with van der Waals surface area (Å²) >= 11 is 0. The number of hydrogen-bond acceptors (Lipinski definition) is 20. The molecule has 1 unspecified atom stereocenters. The van der Waals surface area contributed by atoms with E-state index in [0.717, 1.165) is 47.5 Å². The number of rotatable bonds is 14. The Morgan fingerprint density at radius 1 is 0.603 bits per heavy atom. The highest BCUT2D eigenvalue weighted by atomic mass is 32.2. The number of ketones is 2. The Morgan fingerprint density at radius 2 is 1.15 bits per heavy atom. The maximum atomic E-state index is 14.3. The van der Waals surface area contributed by atoms with E-state index in [4.69, 9.17) is 9.47 Å². The molecule has 0 saturated carbocycles. The summed E-state index contributed by atoms with van der Waals surface area (Å²) in [5.74, 6) is -2.95. The second-order valence-electron chi connectivity index (χ2n) is 15.6. The quantitative estimate of drug-likeness (QED) is 0.0469. The van der Waals surface area contributed by atoms with Crippen LogP contribution in [-0.2, 0) is 50.1 Å². The summed E-state index contributed by atoms with van der Waals surface area (Å²) in [4.78, 5) is 37.2. The van der Waals surface area contributed by atoms with E-state index in [-0.39, 0.29) is 39.7 Å². The van der Waals surface area contributed by atoms with Crippen molar-refractivity contribution in [3.05, 3.63) is 129 Å². The maximum Gasteiger partial charge on any atom is 0.298 e. The zero-order valence-corrected chi connectivity index (χ0v) is 40.6. The molecule has 8 rings (SSSR count). The van der Waals surface area contributed by atoms with Crippen LogP contribution in [0, 0.1) is 0 Å². The summed E-state index contributed by atoms with van der Waals surface area (Å²) in [6.45, 7) is 1.48. The minimum absolute atomic E-state index is 0.0340. The first-order valence-electron chi connectivity index (χ1n) is 20.4. The molecule has 1 atom stereocenters. The van der Waals surface area contributed by atoms with Crippen LogP contribution in [-0.4, -0.2) is 107 Å². The van der Waals surface area contributed by atoms with Gasteiger partial charge in [-0.2, -0.15) is 64.2 Å². The first-order valence-corrected chi connectivity index (χ1v) is 26.2. The molecule has 0 radical (unpaired) electrons. The van der Waals surface area contributed by atoms with Crippen molar-refractivity contribution in [3.8, 4) is 22.6 Å². The van der Waals surface area contributed by atoms with Crippen LogP contribution in [0.25, 0.3) is 23.3 Å². The number of hydrogen-bond donors (Lipinski definition) is 6. The second kappa shape index (κ2) is 19.1. The fourth-order valence-corrected chi connectivity index (χ4v) is 9.78. The lowest BCUT2D eigenvalue weighted by Crippen LogP contribution is -2.29. The third-order valence-electron chi connectivity index (χ3n) is 10.9. The number of nitrogens with one attached hydrogen (secondary N) is 2. The van der Waals surface area contributed by atoms with E-state index in [1.807, 2.05) is 0 Å². The number of azo groups is 1. The van der Waals surface area contributed by atoms with Gasteiger partial charge in [0.05, 0.1) is 58.0 Å². The van der Waals surface area contributed by atoms with Crippen molar-refractivity contribution in [2.75, 3.05) is 30.1 Å². The molecule has 0 aromatic heterocycles. The van der Waals surface area contributed by atoms with Crippen LogP contribution in [0.5, 0.6) is 11.5 Å². The Kier molecular flexibility index (Phi) is 13.4. The van der Waals surface area contributed by atoms with Crippen LogP contribution < -0.4 is 25.3 Å². The summed E-state index contributed by atoms with van der Waals surface area (Å²) in [7, 11) is -17.7. The third-order valence-corrected chi connectivity index (χ3v) is 14.3. The number of ether oxygens (including phenoxy) is 2. The van der Waals surface area contributed by atoms with Gasteiger partial charge in [-0.25, -0.2) is 0 Å². The molecule has 1 aliphatic heterocycles. The van der Waals surface area contributed by atoms with Gasteiger partial charge in [0.25, 0.3) is 46.4 Å². The second-order valence-corrected chi connectivity index (χ2v) is 21.2. The fourth-order valence-electron chi connectivity index (χ4n) is 7.46. The molecule has 29 heteroatoms. The van der Waals surface area contributed by atoms with Gasteiger partial charge in [0.2, 0.25) is 11.6 Å². The monoisotopic (exact) mass is 1070 g/mol. The number of amides is 1. The van der Waals surface area contributed by atoms with Gasteiger partial charge in [0.15, 0.2) is 11.8 Å². The Bertz CT molecular complexity index is 3910. The minimum Gasteiger partial charge on any atom is -0.494 e. The predicted molar refractivity (Wildman–Crippen MR) is 262 cm³/mol. The molecule has 73 heavy (non-hydrogen) atoms. The van der Waals surface area contributed by atoms with Crippen LogP contribution in [0.2, 0.25) is 0 Å². The first-order chi connectivity index (χ1) is 34.3. The number of anilines is 3. The number of allylic oxidation sites excluding steroid dienone is 2. The summed E-state index contributed by atoms with van der Waals surface area (Å²) < 4.78 is 149. The number of carbonyl (C=O) groups excluding carboxylic acids is 3. The lowest BCUT2D eigenvalue weighted by Gasteiger charge is -2.19. The summed E-state index contributed by atoms with van der Waals surface area (Å²) in [5, 5.41) is 21.4. The van der Waals surface area contributed by atoms with Gasteiger partial charge < -0.3 is 9.47 Å². The van der Waals surface area contributed by atoms with Crippen molar-refractivity contribution >= 4 is 110 Å². The zero-order valence-electron chi connectivity index (χ0n) is 37.4. The molecule has 0 bridgehead atoms. The number of hydrazone groups is 3. The van der Waals surface area contributed by atoms with Crippen LogP contribution in [0.1, 0.15) is 34.0 Å². The predicted octanol–water partition coefficient (Wildman–Crippen LogP) is 5.26. The number of benzene rings is 5. The number of carbonyl (C=O) groups is 3. The number of nitrogens with zero attached hydrogens (tertiary/aromatic N) is 6. The molecular formula is C44H34N8O17S4. The molecule has 25 nitrogen and oxygen atoms in total. The van der Waals surface area contributed by atoms with Gasteiger partial charge in [0, 0.05) is 5.56 Å². The molecule has 0 saturated heterocycles. The molecular weight excluding hydrogens is 1040 g/mol. The van der Waals surface area contributed by atoms with E-state index in [1.54, 1.807) is 36.4 Å². The van der Waals surface area contributed by atoms with E-state index < -0.39 is 112 Å². The van der Waals surface area contributed by atoms with Crippen molar-refractivity contribution in [1.29, 1.82) is 0 Å². The molecule has 2 aliphatic carbocycles. The summed E-state index contributed by atoms with van der Waals surface area (Å²) in [6, 6.07) is 20.4. The normalized spacial score (nSPS) is 17.3. The van der Waals surface area contributed by atoms with Gasteiger partial charge >= 0.3 is 0 Å². The Balaban J connectivity index is 1.09. The van der Waals surface area contributed by atoms with Crippen molar-refractivity contribution in [2.24, 2.45) is 25.5 Å². The molecule has 5 aromatic rings. The molecule has 1 heterocycles. The average molecular weight is 1080 g/mol. The Morgan fingerprint density at radius 3 is 1.70 bits per heavy atom. The minimum atomic E-state index is -5.30. The molecule has 0 fully saturated rings. The van der Waals surface area contributed by atoms with Crippen molar-refractivity contribution in [2.45, 2.75) is 22.8 Å². The van der Waals surface area contributed by atoms with Crippen LogP contribution in [0.15, 0.2) is 142 Å². The summed E-state index contributed by atoms with van der Waals surface area (Å²) in [5.41, 5.74) is 3.66. The molecule has 5 aromatic carbocycles. The number of methoxy groups -OCH3 is 2. The van der Waals surface area contributed by atoms with Gasteiger partial charge in [-0.3, -0.25) is 43.4 Å². The molecule has 1 amide bonds. The highest BCUT2D eigenvalue weighted by molar-refractivity contribution is 7.91. The van der Waals surface area contributed by atoms with Gasteiger partial charge in [0.1, 0.15) is 27.0 Å². The lowest BCUT2D eigenvalue weighted by atomic mass is 9.93. The van der Waals surface area contributed by atoms with E-state index >= 15 is 0 Å². The third kappa shape index (κ3) is 10.3. The standard InChI is InChI=1S/C44H34N8O17S4/c1-22-39(44(55)52(51-22)27-7-5-4-6-8-27)48-47-33-21-29(71(59,60)61)16-26-20-36(72(62,63)64)41(43(54)38(26)33)50-46-32-14-10-24(18-35(32)69-3)23-9-13-31(34(17-23)68-2)45-49-40-30-12-11-28(70(56,57)58)15-25(30)19-37(42(40)53)73(65,66)67/h4-21,39,45-46H,1-3H3,(H,56,57,58)(H,59,60,61)(H,62,63,64)(H,65,66,67)/b48-47?,49-40-,50-41-. The van der Waals surface area contributed by atoms with E-state index in [2.05, 4.69) is 36.4 Å². The smallest absolute Gasteiger partial charge is 0.298 e. The average Bonchev–Trinajstić information content (AvgIpc) is 3.62. The van der Waals surface area contributed by atoms with Crippen molar-refractivity contribution < 1.29 is 75.7 Å². The summed E-state index contributed by atoms with van der Waals surface area (Å²) in [6.07, 6.45) is 1.46. The SMILES string of the molecule is COc1cc(-c2ccc(N/N=C3\C(=O)c4c(cc(S(=O)(=O)O)cc4N=NC4C(=O)N(c5ccccc5)N=C4C)C=C3S(=O)(=O)O)c(OC)c2)ccc1N/N=C1\C(=O)C(S(=O)(=O)O)=Cc2cc(S(=O)(=O)O)ccc21. The van der Waals surface area contributed by atoms with Crippen LogP contribution >= 0.6 is 0 Å². The molecule has 0 spiro atoms. The topological polar surface area (TPSA) is 376 Å². The Labute approximate surface area is 414 Å². The van der Waals surface area contributed by atoms with Gasteiger partial charge in [-0.15, -0.1) is 0 Å². The first kappa shape index (κ1) is 51.2. The van der Waals surface area contributed by atoms with Gasteiger partial charge in [-0.05, 0) is 102 Å². The van der Waals surface area contributed by atoms with Crippen molar-refractivity contribution in [3.63, 3.8) is 0 Å². The van der Waals surface area contributed by atoms with Crippen LogP contribution in [0.4, 0.5) is 22.7 Å². The number of fused-ring (bicyclic) bond motifs is 2. The molecule has 376 valence electrons. The zero-order chi connectivity index (χ0) is 52.9. The molecule has 3 aliphatic rings. The highest BCUT2D eigenvalue weighted by Crippen LogP contribution is 2.38. The highest BCUT2D eigenvalue weighted by Gasteiger charge is 2.38. The maximum absolute atomic E-state index is 14.3. The fraction of sp³-hybridized carbons (Fsp3) is 0.0909. The van der Waals surface area contributed by atoms with E-state index in [0.29, 0.717) is 16.8 Å². The van der Waals surface area contributed by atoms with Gasteiger partial charge in [-0.1, -0.05) is 36.4 Å². The van der Waals surface area contributed by atoms with E-state index in [9.17, 15) is 66.3 Å². The van der Waals surface area contributed by atoms with Crippen molar-refractivity contribution in [1.82, 2.24) is 0 Å². The largest absolute Gasteiger partial charge is 0.494 e. The number of para-hydroxylation sites is 1. The Hall–Kier alpha value is -8.16. The lowest BCUT2D eigenvalue weighted by molar-refractivity contribution is -0.118. The molecule has 6 N–H and O–H groups in total. The number of Topliss-reactive ketones (excluding diaryl/α,β-unsaturated/α-hetero) is 2. The van der Waals surface area contributed by atoms with Crippen LogP contribution in [0.3, 0.4) is 0 Å².